The van der Waals surface area contributed by atoms with Crippen LogP contribution in [0.5, 0.6) is 0 Å². The van der Waals surface area contributed by atoms with Crippen molar-refractivity contribution >= 4 is 5.91 Å². The molecule has 0 aromatic heterocycles. The van der Waals surface area contributed by atoms with Crippen LogP contribution in [0.2, 0.25) is 0 Å². The maximum absolute atomic E-state index is 12.8. The lowest BCUT2D eigenvalue weighted by molar-refractivity contribution is -0.255. The van der Waals surface area contributed by atoms with Crippen LogP contribution in [-0.4, -0.2) is 5.91 Å². The fraction of sp³-hybridized carbons (Fsp3) is 0.300. The monoisotopic (exact) mass is 202 g/mol. The highest BCUT2D eigenvalue weighted by Gasteiger charge is 2.15. The molecule has 4 heteroatoms. The summed E-state index contributed by atoms with van der Waals surface area (Å²) in [6.07, 6.45) is 0. The van der Waals surface area contributed by atoms with E-state index >= 15 is 0 Å². The van der Waals surface area contributed by atoms with Crippen molar-refractivity contribution in [3.05, 3.63) is 34.9 Å². The fourth-order valence-electron chi connectivity index (χ4n) is 0.927. The molecule has 0 unspecified atom stereocenters. The number of carbonyl (C=O) groups excluding carboxylic acids is 1. The smallest absolute Gasteiger partial charge is 0.290 e. The van der Waals surface area contributed by atoms with Crippen LogP contribution < -0.4 is 5.73 Å². The minimum atomic E-state index is -1.12. The van der Waals surface area contributed by atoms with Crippen LogP contribution >= 0.6 is 0 Å². The van der Waals surface area contributed by atoms with E-state index in [4.69, 9.17) is 0 Å². The lowest BCUT2D eigenvalue weighted by atomic mass is 10.1. The van der Waals surface area contributed by atoms with Crippen LogP contribution in [-0.2, 0) is 0 Å². The molecule has 1 amide bonds. The Labute approximate surface area is 81.7 Å². The summed E-state index contributed by atoms with van der Waals surface area (Å²) >= 11 is 0. The summed E-state index contributed by atoms with van der Waals surface area (Å²) in [6, 6.07) is 2.30. The van der Waals surface area contributed by atoms with E-state index in [1.807, 2.05) is 13.8 Å². The maximum Gasteiger partial charge on any atom is 0.344 e. The first-order chi connectivity index (χ1) is 6.52. The van der Waals surface area contributed by atoms with Gasteiger partial charge < -0.3 is 0 Å². The van der Waals surface area contributed by atoms with Crippen molar-refractivity contribution in [2.24, 2.45) is 0 Å². The summed E-state index contributed by atoms with van der Waals surface area (Å²) < 4.78 is 25.4. The van der Waals surface area contributed by atoms with Crippen LogP contribution in [0.4, 0.5) is 8.78 Å². The molecule has 0 heterocycles. The van der Waals surface area contributed by atoms with E-state index in [-0.39, 0.29) is 5.56 Å². The maximum atomic E-state index is 12.8. The van der Waals surface area contributed by atoms with Crippen LogP contribution in [0, 0.1) is 18.6 Å². The molecule has 14 heavy (non-hydrogen) atoms. The molecular formula is C10H14F2NO+. The molecule has 0 radical (unpaired) electrons. The largest absolute Gasteiger partial charge is 0.344 e. The Kier molecular flexibility index (Phi) is 4.94. The van der Waals surface area contributed by atoms with Gasteiger partial charge in [-0.15, -0.1) is 0 Å². The van der Waals surface area contributed by atoms with Gasteiger partial charge in [-0.3, -0.25) is 5.73 Å². The van der Waals surface area contributed by atoms with Crippen LogP contribution in [0.25, 0.3) is 0 Å². The van der Waals surface area contributed by atoms with Gasteiger partial charge in [-0.1, -0.05) is 13.8 Å². The molecule has 0 saturated carbocycles. The summed E-state index contributed by atoms with van der Waals surface area (Å²) in [6.45, 7) is 5.58. The third kappa shape index (κ3) is 2.88. The quantitative estimate of drug-likeness (QED) is 0.739. The first kappa shape index (κ1) is 12.7. The van der Waals surface area contributed by atoms with Gasteiger partial charge in [0.25, 0.3) is 0 Å². The van der Waals surface area contributed by atoms with Gasteiger partial charge in [-0.05, 0) is 24.6 Å². The molecule has 0 saturated heterocycles. The van der Waals surface area contributed by atoms with Crippen LogP contribution in [0.1, 0.15) is 29.8 Å². The number of quaternary nitrogens is 1. The Bertz CT molecular complexity index is 337. The van der Waals surface area contributed by atoms with E-state index in [1.54, 1.807) is 6.92 Å². The molecule has 3 N–H and O–H groups in total. The molecule has 0 aliphatic rings. The number of amides is 1. The number of hydrogen-bond donors (Lipinski definition) is 1. The zero-order valence-electron chi connectivity index (χ0n) is 8.53. The summed E-state index contributed by atoms with van der Waals surface area (Å²) in [4.78, 5) is 10.7. The van der Waals surface area contributed by atoms with E-state index in [2.05, 4.69) is 5.73 Å². The second-order valence-corrected chi connectivity index (χ2v) is 2.53. The lowest BCUT2D eigenvalue weighted by Crippen LogP contribution is -2.57. The van der Waals surface area contributed by atoms with Crippen molar-refractivity contribution in [2.45, 2.75) is 20.8 Å². The van der Waals surface area contributed by atoms with Crippen molar-refractivity contribution in [3.8, 4) is 0 Å². The van der Waals surface area contributed by atoms with Gasteiger partial charge in [0, 0.05) is 0 Å². The fourth-order valence-corrected chi connectivity index (χ4v) is 0.927. The third-order valence-corrected chi connectivity index (χ3v) is 1.47. The van der Waals surface area contributed by atoms with E-state index < -0.39 is 17.5 Å². The van der Waals surface area contributed by atoms with Crippen molar-refractivity contribution in [1.29, 1.82) is 0 Å². The van der Waals surface area contributed by atoms with Crippen molar-refractivity contribution < 1.29 is 19.3 Å². The summed E-state index contributed by atoms with van der Waals surface area (Å²) in [5.41, 5.74) is 3.21. The Morgan fingerprint density at radius 1 is 1.29 bits per heavy atom. The Balaban J connectivity index is 0.000000791. The van der Waals surface area contributed by atoms with E-state index in [1.165, 1.54) is 6.07 Å². The molecule has 78 valence electrons. The molecular weight excluding hydrogens is 188 g/mol. The predicted molar refractivity (Wildman–Crippen MR) is 49.7 cm³/mol. The molecule has 1 aromatic rings. The number of rotatable bonds is 1. The average molecular weight is 202 g/mol. The normalized spacial score (nSPS) is 9.00. The summed E-state index contributed by atoms with van der Waals surface area (Å²) in [7, 11) is 0. The Morgan fingerprint density at radius 2 is 1.79 bits per heavy atom. The SMILES string of the molecule is CC.Cc1cc(F)c(F)c(C([NH3+])=O)c1. The highest BCUT2D eigenvalue weighted by Crippen LogP contribution is 2.13. The van der Waals surface area contributed by atoms with Crippen LogP contribution in [0.15, 0.2) is 12.1 Å². The van der Waals surface area contributed by atoms with Gasteiger partial charge in [0.1, 0.15) is 5.56 Å². The third-order valence-electron chi connectivity index (χ3n) is 1.47. The van der Waals surface area contributed by atoms with Crippen molar-refractivity contribution in [3.63, 3.8) is 0 Å². The molecule has 0 atom stereocenters. The molecule has 0 aliphatic carbocycles. The molecule has 0 bridgehead atoms. The zero-order valence-corrected chi connectivity index (χ0v) is 8.53. The molecule has 0 aliphatic heterocycles. The van der Waals surface area contributed by atoms with Gasteiger partial charge in [-0.2, -0.15) is 0 Å². The summed E-state index contributed by atoms with van der Waals surface area (Å²) in [5, 5.41) is 0. The molecule has 0 spiro atoms. The molecule has 1 rings (SSSR count). The van der Waals surface area contributed by atoms with E-state index in [0.717, 1.165) is 6.07 Å². The summed E-state index contributed by atoms with van der Waals surface area (Å²) in [5.74, 6) is -2.85. The average Bonchev–Trinajstić information content (AvgIpc) is 2.14. The first-order valence-corrected chi connectivity index (χ1v) is 4.34. The van der Waals surface area contributed by atoms with Gasteiger partial charge in [0.15, 0.2) is 11.6 Å². The predicted octanol–water partition coefficient (Wildman–Crippen LogP) is 1.68. The van der Waals surface area contributed by atoms with Crippen molar-refractivity contribution in [1.82, 2.24) is 0 Å². The number of aryl methyl sites for hydroxylation is 1. The van der Waals surface area contributed by atoms with Crippen LogP contribution in [0.3, 0.4) is 0 Å². The number of carbonyl (C=O) groups is 1. The van der Waals surface area contributed by atoms with Crippen molar-refractivity contribution in [2.75, 3.05) is 0 Å². The van der Waals surface area contributed by atoms with E-state index in [0.29, 0.717) is 5.56 Å². The minimum absolute atomic E-state index is 0.299. The van der Waals surface area contributed by atoms with Gasteiger partial charge in [-0.25, -0.2) is 13.6 Å². The number of benzene rings is 1. The second-order valence-electron chi connectivity index (χ2n) is 2.53. The first-order valence-electron chi connectivity index (χ1n) is 4.34. The minimum Gasteiger partial charge on any atom is -0.290 e. The second kappa shape index (κ2) is 5.44. The molecule has 0 fully saturated rings. The Hall–Kier alpha value is -1.29. The lowest BCUT2D eigenvalue weighted by Gasteiger charge is -1.98. The molecule has 2 nitrogen and oxygen atoms in total. The molecule has 1 aromatic carbocycles. The number of hydrogen-bond acceptors (Lipinski definition) is 1. The topological polar surface area (TPSA) is 44.7 Å². The zero-order chi connectivity index (χ0) is 11.3. The highest BCUT2D eigenvalue weighted by molar-refractivity contribution is 5.86. The standard InChI is InChI=1S/C8H7F2NO.C2H6/c1-4-2-5(8(11)12)7(10)6(9)3-4;1-2/h2-3H,1H3,(H2,11,12);1-2H3/p+1. The van der Waals surface area contributed by atoms with Gasteiger partial charge >= 0.3 is 5.91 Å². The van der Waals surface area contributed by atoms with Gasteiger partial charge in [0.05, 0.1) is 0 Å². The Morgan fingerprint density at radius 3 is 2.21 bits per heavy atom. The van der Waals surface area contributed by atoms with E-state index in [9.17, 15) is 13.6 Å². The van der Waals surface area contributed by atoms with Gasteiger partial charge in [0.2, 0.25) is 0 Å². The highest BCUT2D eigenvalue weighted by atomic mass is 19.2. The number of halogens is 2.